The molecule has 1 aliphatic carbocycles. The minimum atomic E-state index is -3.98. The molecule has 1 aliphatic rings. The van der Waals surface area contributed by atoms with Crippen LogP contribution in [-0.2, 0) is 21.2 Å². The lowest BCUT2D eigenvalue weighted by atomic mass is 10.1. The number of aryl methyl sites for hydroxylation is 2. The number of urea groups is 1. The van der Waals surface area contributed by atoms with Gasteiger partial charge in [-0.2, -0.15) is 4.31 Å². The van der Waals surface area contributed by atoms with Crippen LogP contribution in [0.5, 0.6) is 0 Å². The highest BCUT2D eigenvalue weighted by atomic mass is 32.2. The van der Waals surface area contributed by atoms with Crippen molar-refractivity contribution in [3.63, 3.8) is 0 Å². The van der Waals surface area contributed by atoms with Crippen LogP contribution < -0.4 is 10.6 Å². The molecule has 3 N–H and O–H groups in total. The number of carboxylic acid groups (broad SMARTS) is 1. The number of carboxylic acids is 1. The molecule has 2 amide bonds. The molecular weight excluding hydrogens is 478 g/mol. The maximum Gasteiger partial charge on any atom is 0.322 e. The minimum Gasteiger partial charge on any atom is -0.480 e. The molecule has 196 valence electrons. The fourth-order valence-corrected chi connectivity index (χ4v) is 6.35. The highest BCUT2D eigenvalue weighted by Gasteiger charge is 2.36. The summed E-state index contributed by atoms with van der Waals surface area (Å²) in [6.45, 7) is 6.07. The van der Waals surface area contributed by atoms with Gasteiger partial charge in [-0.1, -0.05) is 55.8 Å². The molecule has 3 rings (SSSR count). The quantitative estimate of drug-likeness (QED) is 0.366. The SMILES string of the molecule is Cc1ccc(S(=O)(=O)N(CC(C)C)[C@H](CCCCNC(=O)N[C@H]2CCc3ccccc32)C(=O)O)cc1. The van der Waals surface area contributed by atoms with E-state index in [0.29, 0.717) is 19.4 Å². The Balaban J connectivity index is 1.55. The van der Waals surface area contributed by atoms with Gasteiger partial charge >= 0.3 is 12.0 Å². The standard InChI is InChI=1S/C27H37N3O5S/c1-19(2)18-30(36(34,35)22-14-11-20(3)12-15-22)25(26(31)32)10-6-7-17-28-27(33)29-24-16-13-21-8-4-5-9-23(21)24/h4-5,8-9,11-12,14-15,19,24-25H,6-7,10,13,16-18H2,1-3H3,(H,31,32)(H2,28,29,33)/t24-,25+/m0/s1. The molecule has 36 heavy (non-hydrogen) atoms. The largest absolute Gasteiger partial charge is 0.480 e. The zero-order valence-electron chi connectivity index (χ0n) is 21.2. The van der Waals surface area contributed by atoms with Crippen molar-refractivity contribution in [2.24, 2.45) is 5.92 Å². The smallest absolute Gasteiger partial charge is 0.322 e. The molecule has 2 atom stereocenters. The molecule has 0 fully saturated rings. The van der Waals surface area contributed by atoms with Crippen LogP contribution >= 0.6 is 0 Å². The van der Waals surface area contributed by atoms with E-state index >= 15 is 0 Å². The van der Waals surface area contributed by atoms with Gasteiger partial charge in [0.25, 0.3) is 0 Å². The summed E-state index contributed by atoms with van der Waals surface area (Å²) < 4.78 is 27.8. The Morgan fingerprint density at radius 1 is 1.08 bits per heavy atom. The van der Waals surface area contributed by atoms with Crippen LogP contribution in [0.1, 0.15) is 62.3 Å². The van der Waals surface area contributed by atoms with Gasteiger partial charge < -0.3 is 15.7 Å². The maximum absolute atomic E-state index is 13.4. The van der Waals surface area contributed by atoms with E-state index in [1.54, 1.807) is 12.1 Å². The van der Waals surface area contributed by atoms with Gasteiger partial charge in [-0.3, -0.25) is 4.79 Å². The number of nitrogens with one attached hydrogen (secondary N) is 2. The molecule has 0 bridgehead atoms. The summed E-state index contributed by atoms with van der Waals surface area (Å²) in [6, 6.07) is 13.1. The van der Waals surface area contributed by atoms with Crippen LogP contribution in [0.25, 0.3) is 0 Å². The van der Waals surface area contributed by atoms with Crippen LogP contribution in [0.3, 0.4) is 0 Å². The first-order valence-corrected chi connectivity index (χ1v) is 14.0. The third-order valence-electron chi connectivity index (χ3n) is 6.43. The van der Waals surface area contributed by atoms with Crippen molar-refractivity contribution in [1.82, 2.24) is 14.9 Å². The summed E-state index contributed by atoms with van der Waals surface area (Å²) in [6.07, 6.45) is 2.97. The number of aliphatic carboxylic acids is 1. The number of hydrogen-bond acceptors (Lipinski definition) is 4. The topological polar surface area (TPSA) is 116 Å². The van der Waals surface area contributed by atoms with Crippen molar-refractivity contribution < 1.29 is 23.1 Å². The predicted molar refractivity (Wildman–Crippen MR) is 139 cm³/mol. The van der Waals surface area contributed by atoms with E-state index in [-0.39, 0.29) is 35.9 Å². The molecule has 0 aromatic heterocycles. The molecule has 2 aromatic carbocycles. The van der Waals surface area contributed by atoms with Crippen LogP contribution in [0.4, 0.5) is 4.79 Å². The van der Waals surface area contributed by atoms with E-state index in [9.17, 15) is 23.1 Å². The summed E-state index contributed by atoms with van der Waals surface area (Å²) in [5.74, 6) is -1.21. The zero-order valence-corrected chi connectivity index (χ0v) is 22.1. The summed E-state index contributed by atoms with van der Waals surface area (Å²) in [5, 5.41) is 15.7. The van der Waals surface area contributed by atoms with Crippen LogP contribution in [0.15, 0.2) is 53.4 Å². The van der Waals surface area contributed by atoms with Gasteiger partial charge in [-0.05, 0) is 68.2 Å². The van der Waals surface area contributed by atoms with Crippen LogP contribution in [0.2, 0.25) is 0 Å². The Morgan fingerprint density at radius 2 is 1.78 bits per heavy atom. The van der Waals surface area contributed by atoms with Crippen molar-refractivity contribution in [2.45, 2.75) is 69.9 Å². The summed E-state index contributed by atoms with van der Waals surface area (Å²) >= 11 is 0. The lowest BCUT2D eigenvalue weighted by Crippen LogP contribution is -2.46. The number of unbranched alkanes of at least 4 members (excludes halogenated alkanes) is 1. The van der Waals surface area contributed by atoms with Crippen molar-refractivity contribution >= 4 is 22.0 Å². The normalized spacial score (nSPS) is 16.1. The second kappa shape index (κ2) is 12.4. The minimum absolute atomic E-state index is 0.00540. The average Bonchev–Trinajstić information content (AvgIpc) is 3.23. The van der Waals surface area contributed by atoms with E-state index in [0.717, 1.165) is 28.3 Å². The maximum atomic E-state index is 13.4. The van der Waals surface area contributed by atoms with E-state index < -0.39 is 22.0 Å². The second-order valence-corrected chi connectivity index (χ2v) is 11.7. The molecule has 0 radical (unpaired) electrons. The van der Waals surface area contributed by atoms with Gasteiger partial charge in [-0.15, -0.1) is 0 Å². The lowest BCUT2D eigenvalue weighted by molar-refractivity contribution is -0.141. The molecule has 0 aliphatic heterocycles. The number of sulfonamides is 1. The van der Waals surface area contributed by atoms with Crippen molar-refractivity contribution in [3.8, 4) is 0 Å². The second-order valence-electron chi connectivity index (χ2n) is 9.82. The fourth-order valence-electron chi connectivity index (χ4n) is 4.57. The number of rotatable bonds is 12. The molecule has 8 nitrogen and oxygen atoms in total. The van der Waals surface area contributed by atoms with Gasteiger partial charge in [-0.25, -0.2) is 13.2 Å². The molecule has 0 unspecified atom stereocenters. The predicted octanol–water partition coefficient (Wildman–Crippen LogP) is 4.25. The first-order valence-electron chi connectivity index (χ1n) is 12.5. The lowest BCUT2D eigenvalue weighted by Gasteiger charge is -2.29. The summed E-state index contributed by atoms with van der Waals surface area (Å²) in [5.41, 5.74) is 3.33. The molecule has 0 saturated heterocycles. The highest BCUT2D eigenvalue weighted by Crippen LogP contribution is 2.30. The number of hydrogen-bond donors (Lipinski definition) is 3. The van der Waals surface area contributed by atoms with E-state index in [1.165, 1.54) is 17.7 Å². The van der Waals surface area contributed by atoms with Gasteiger partial charge in [0.2, 0.25) is 10.0 Å². The van der Waals surface area contributed by atoms with E-state index in [4.69, 9.17) is 0 Å². The summed E-state index contributed by atoms with van der Waals surface area (Å²) in [7, 11) is -3.98. The van der Waals surface area contributed by atoms with Gasteiger partial charge in [0.15, 0.2) is 0 Å². The van der Waals surface area contributed by atoms with E-state index in [1.807, 2.05) is 39.0 Å². The molecular formula is C27H37N3O5S. The van der Waals surface area contributed by atoms with Gasteiger partial charge in [0.1, 0.15) is 6.04 Å². The first-order chi connectivity index (χ1) is 17.1. The summed E-state index contributed by atoms with van der Waals surface area (Å²) in [4.78, 5) is 24.6. The van der Waals surface area contributed by atoms with E-state index in [2.05, 4.69) is 16.7 Å². The fraction of sp³-hybridized carbons (Fsp3) is 0.481. The number of carbonyl (C=O) groups excluding carboxylic acids is 1. The number of carbonyl (C=O) groups is 2. The third-order valence-corrected chi connectivity index (χ3v) is 8.32. The molecule has 0 saturated carbocycles. The average molecular weight is 516 g/mol. The number of amides is 2. The molecule has 0 heterocycles. The van der Waals surface area contributed by atoms with Crippen molar-refractivity contribution in [2.75, 3.05) is 13.1 Å². The molecule has 9 heteroatoms. The molecule has 0 spiro atoms. The van der Waals surface area contributed by atoms with Crippen LogP contribution in [0, 0.1) is 12.8 Å². The Morgan fingerprint density at radius 3 is 2.44 bits per heavy atom. The van der Waals surface area contributed by atoms with Crippen molar-refractivity contribution in [3.05, 3.63) is 65.2 Å². The zero-order chi connectivity index (χ0) is 26.3. The number of benzene rings is 2. The first kappa shape index (κ1) is 27.7. The van der Waals surface area contributed by atoms with Crippen molar-refractivity contribution in [1.29, 1.82) is 0 Å². The monoisotopic (exact) mass is 515 g/mol. The van der Waals surface area contributed by atoms with Gasteiger partial charge in [0.05, 0.1) is 10.9 Å². The Labute approximate surface area is 214 Å². The Hall–Kier alpha value is -2.91. The number of nitrogens with zero attached hydrogens (tertiary/aromatic N) is 1. The molecule has 2 aromatic rings. The highest BCUT2D eigenvalue weighted by molar-refractivity contribution is 7.89. The number of fused-ring (bicyclic) bond motifs is 1. The third kappa shape index (κ3) is 7.07. The van der Waals surface area contributed by atoms with Gasteiger partial charge in [0, 0.05) is 13.1 Å². The Kier molecular flexibility index (Phi) is 9.50. The van der Waals surface area contributed by atoms with Crippen LogP contribution in [-0.4, -0.2) is 49.0 Å². The Bertz CT molecular complexity index is 1150.